The summed E-state index contributed by atoms with van der Waals surface area (Å²) in [7, 11) is 4.98. The second kappa shape index (κ2) is 9.00. The molecule has 1 N–H and O–H groups in total. The number of rotatable bonds is 8. The number of benzene rings is 2. The quantitative estimate of drug-likeness (QED) is 0.565. The highest BCUT2D eigenvalue weighted by atomic mass is 16.6. The molecular formula is C19H23N3O5. The molecule has 0 bridgehead atoms. The van der Waals surface area contributed by atoms with Gasteiger partial charge in [0.15, 0.2) is 11.5 Å². The molecule has 8 heteroatoms. The first-order chi connectivity index (χ1) is 12.8. The molecule has 2 rings (SSSR count). The topological polar surface area (TPSA) is 93.9 Å². The summed E-state index contributed by atoms with van der Waals surface area (Å²) in [6.07, 6.45) is 0. The first-order valence-corrected chi connectivity index (χ1v) is 8.28. The highest BCUT2D eigenvalue weighted by Crippen LogP contribution is 2.30. The van der Waals surface area contributed by atoms with Crippen molar-refractivity contribution in [1.29, 1.82) is 0 Å². The van der Waals surface area contributed by atoms with Crippen LogP contribution in [0, 0.1) is 17.0 Å². The second-order valence-corrected chi connectivity index (χ2v) is 6.16. The van der Waals surface area contributed by atoms with E-state index in [0.29, 0.717) is 23.7 Å². The van der Waals surface area contributed by atoms with Gasteiger partial charge in [0.05, 0.1) is 25.7 Å². The molecule has 0 aliphatic rings. The van der Waals surface area contributed by atoms with Gasteiger partial charge in [-0.2, -0.15) is 0 Å². The minimum absolute atomic E-state index is 0.0675. The molecule has 0 spiro atoms. The molecule has 0 atom stereocenters. The zero-order chi connectivity index (χ0) is 20.0. The van der Waals surface area contributed by atoms with E-state index >= 15 is 0 Å². The molecule has 1 amide bonds. The Bertz CT molecular complexity index is 838. The Morgan fingerprint density at radius 2 is 1.85 bits per heavy atom. The molecule has 0 aliphatic carbocycles. The van der Waals surface area contributed by atoms with Crippen LogP contribution >= 0.6 is 0 Å². The van der Waals surface area contributed by atoms with Crippen LogP contribution in [-0.4, -0.2) is 43.5 Å². The molecule has 0 heterocycles. The summed E-state index contributed by atoms with van der Waals surface area (Å²) in [4.78, 5) is 24.4. The molecule has 27 heavy (non-hydrogen) atoms. The maximum Gasteiger partial charge on any atom is 0.271 e. The fraction of sp³-hybridized carbons (Fsp3) is 0.316. The number of aryl methyl sites for hydroxylation is 1. The minimum Gasteiger partial charge on any atom is -0.493 e. The Morgan fingerprint density at radius 1 is 1.19 bits per heavy atom. The SMILES string of the molecule is COc1cc(C)c(CN(C)CC(=O)Nc2cccc([N+](=O)[O-])c2)cc1OC. The largest absolute Gasteiger partial charge is 0.493 e. The Kier molecular flexibility index (Phi) is 6.73. The monoisotopic (exact) mass is 373 g/mol. The van der Waals surface area contributed by atoms with Crippen LogP contribution in [0.25, 0.3) is 0 Å². The summed E-state index contributed by atoms with van der Waals surface area (Å²) in [5.74, 6) is 1.04. The van der Waals surface area contributed by atoms with Gasteiger partial charge in [-0.25, -0.2) is 0 Å². The van der Waals surface area contributed by atoms with Crippen molar-refractivity contribution in [3.63, 3.8) is 0 Å². The Morgan fingerprint density at radius 3 is 2.48 bits per heavy atom. The van der Waals surface area contributed by atoms with Gasteiger partial charge in [0.25, 0.3) is 5.69 Å². The number of hydrogen-bond donors (Lipinski definition) is 1. The van der Waals surface area contributed by atoms with Crippen molar-refractivity contribution in [1.82, 2.24) is 4.90 Å². The van der Waals surface area contributed by atoms with Crippen molar-refractivity contribution < 1.29 is 19.2 Å². The highest BCUT2D eigenvalue weighted by Gasteiger charge is 2.13. The van der Waals surface area contributed by atoms with E-state index in [0.717, 1.165) is 11.1 Å². The van der Waals surface area contributed by atoms with Gasteiger partial charge >= 0.3 is 0 Å². The number of likely N-dealkylation sites (N-methyl/N-ethyl adjacent to an activating group) is 1. The molecule has 0 radical (unpaired) electrons. The molecule has 8 nitrogen and oxygen atoms in total. The lowest BCUT2D eigenvalue weighted by atomic mass is 10.1. The summed E-state index contributed by atoms with van der Waals surface area (Å²) in [6.45, 7) is 2.64. The summed E-state index contributed by atoms with van der Waals surface area (Å²) in [6, 6.07) is 9.64. The Labute approximate surface area is 157 Å². The number of nitro groups is 1. The summed E-state index contributed by atoms with van der Waals surface area (Å²) in [5.41, 5.74) is 2.36. The summed E-state index contributed by atoms with van der Waals surface area (Å²) >= 11 is 0. The van der Waals surface area contributed by atoms with Crippen molar-refractivity contribution in [3.05, 3.63) is 57.6 Å². The average Bonchev–Trinajstić information content (AvgIpc) is 2.62. The van der Waals surface area contributed by atoms with Crippen LogP contribution in [0.3, 0.4) is 0 Å². The second-order valence-electron chi connectivity index (χ2n) is 6.16. The first kappa shape index (κ1) is 20.2. The normalized spacial score (nSPS) is 10.6. The third kappa shape index (κ3) is 5.42. The number of nitro benzene ring substituents is 1. The van der Waals surface area contributed by atoms with Gasteiger partial charge in [-0.3, -0.25) is 19.8 Å². The van der Waals surface area contributed by atoms with Crippen LogP contribution in [-0.2, 0) is 11.3 Å². The molecule has 0 saturated heterocycles. The van der Waals surface area contributed by atoms with Crippen LogP contribution in [0.4, 0.5) is 11.4 Å². The van der Waals surface area contributed by atoms with E-state index in [2.05, 4.69) is 5.32 Å². The standard InChI is InChI=1S/C19H23N3O5/c1-13-8-17(26-3)18(27-4)9-14(13)11-21(2)12-19(23)20-15-6-5-7-16(10-15)22(24)25/h5-10H,11-12H2,1-4H3,(H,20,23). The molecule has 0 saturated carbocycles. The van der Waals surface area contributed by atoms with Crippen molar-refractivity contribution in [3.8, 4) is 11.5 Å². The highest BCUT2D eigenvalue weighted by molar-refractivity contribution is 5.92. The molecule has 0 aliphatic heterocycles. The molecular weight excluding hydrogens is 350 g/mol. The number of carbonyl (C=O) groups is 1. The van der Waals surface area contributed by atoms with E-state index < -0.39 is 4.92 Å². The maximum absolute atomic E-state index is 12.2. The van der Waals surface area contributed by atoms with E-state index in [4.69, 9.17) is 9.47 Å². The fourth-order valence-electron chi connectivity index (χ4n) is 2.68. The number of methoxy groups -OCH3 is 2. The summed E-state index contributed by atoms with van der Waals surface area (Å²) < 4.78 is 10.6. The smallest absolute Gasteiger partial charge is 0.271 e. The van der Waals surface area contributed by atoms with Crippen LogP contribution < -0.4 is 14.8 Å². The van der Waals surface area contributed by atoms with Crippen molar-refractivity contribution in [2.75, 3.05) is 33.1 Å². The zero-order valence-electron chi connectivity index (χ0n) is 15.8. The van der Waals surface area contributed by atoms with E-state index in [9.17, 15) is 14.9 Å². The molecule has 2 aromatic rings. The van der Waals surface area contributed by atoms with Crippen LogP contribution in [0.5, 0.6) is 11.5 Å². The van der Waals surface area contributed by atoms with E-state index in [1.165, 1.54) is 18.2 Å². The number of nitrogens with zero attached hydrogens (tertiary/aromatic N) is 2. The lowest BCUT2D eigenvalue weighted by Gasteiger charge is -2.19. The third-order valence-electron chi connectivity index (χ3n) is 4.04. The number of hydrogen-bond acceptors (Lipinski definition) is 6. The Balaban J connectivity index is 2.01. The minimum atomic E-state index is -0.498. The van der Waals surface area contributed by atoms with Gasteiger partial charge < -0.3 is 14.8 Å². The number of ether oxygens (including phenoxy) is 2. The lowest BCUT2D eigenvalue weighted by molar-refractivity contribution is -0.384. The third-order valence-corrected chi connectivity index (χ3v) is 4.04. The van der Waals surface area contributed by atoms with Gasteiger partial charge in [0, 0.05) is 24.4 Å². The van der Waals surface area contributed by atoms with E-state index in [1.54, 1.807) is 20.3 Å². The van der Waals surface area contributed by atoms with Gasteiger partial charge in [-0.05, 0) is 43.3 Å². The van der Waals surface area contributed by atoms with Crippen LogP contribution in [0.2, 0.25) is 0 Å². The van der Waals surface area contributed by atoms with Crippen molar-refractivity contribution >= 4 is 17.3 Å². The predicted octanol–water partition coefficient (Wildman–Crippen LogP) is 2.99. The van der Waals surface area contributed by atoms with Crippen LogP contribution in [0.15, 0.2) is 36.4 Å². The number of anilines is 1. The van der Waals surface area contributed by atoms with Gasteiger partial charge in [-0.15, -0.1) is 0 Å². The van der Waals surface area contributed by atoms with E-state index in [1.807, 2.05) is 31.0 Å². The number of carbonyl (C=O) groups excluding carboxylic acids is 1. The molecule has 0 fully saturated rings. The van der Waals surface area contributed by atoms with Gasteiger partial charge in [0.2, 0.25) is 5.91 Å². The predicted molar refractivity (Wildman–Crippen MR) is 102 cm³/mol. The summed E-state index contributed by atoms with van der Waals surface area (Å²) in [5, 5.41) is 13.5. The first-order valence-electron chi connectivity index (χ1n) is 8.28. The molecule has 144 valence electrons. The molecule has 0 aromatic heterocycles. The van der Waals surface area contributed by atoms with E-state index in [-0.39, 0.29) is 18.1 Å². The zero-order valence-corrected chi connectivity index (χ0v) is 15.8. The van der Waals surface area contributed by atoms with Gasteiger partial charge in [-0.1, -0.05) is 6.07 Å². The molecule has 0 unspecified atom stereocenters. The average molecular weight is 373 g/mol. The molecule has 2 aromatic carbocycles. The Hall–Kier alpha value is -3.13. The van der Waals surface area contributed by atoms with Crippen molar-refractivity contribution in [2.24, 2.45) is 0 Å². The lowest BCUT2D eigenvalue weighted by Crippen LogP contribution is -2.30. The fourth-order valence-corrected chi connectivity index (χ4v) is 2.68. The van der Waals surface area contributed by atoms with Gasteiger partial charge in [0.1, 0.15) is 0 Å². The van der Waals surface area contributed by atoms with Crippen molar-refractivity contribution in [2.45, 2.75) is 13.5 Å². The number of nitrogens with one attached hydrogen (secondary N) is 1. The van der Waals surface area contributed by atoms with Crippen LogP contribution in [0.1, 0.15) is 11.1 Å². The maximum atomic E-state index is 12.2. The number of amides is 1. The number of non-ortho nitro benzene ring substituents is 1.